The Labute approximate surface area is 133 Å². The molecule has 1 saturated carbocycles. The number of aliphatic imine (C=N–C) groups is 1. The van der Waals surface area contributed by atoms with E-state index in [1.807, 2.05) is 6.08 Å². The van der Waals surface area contributed by atoms with Gasteiger partial charge in [0, 0.05) is 0 Å². The minimum atomic E-state index is -0.374. The molecular formula is C19H27NO2. The van der Waals surface area contributed by atoms with E-state index in [1.165, 1.54) is 11.1 Å². The maximum absolute atomic E-state index is 11.0. The molecule has 0 N–H and O–H groups in total. The first-order valence-electron chi connectivity index (χ1n) is 8.26. The average molecular weight is 301 g/mol. The number of hydrogen-bond acceptors (Lipinski definition) is 3. The number of isocyanates is 1. The summed E-state index contributed by atoms with van der Waals surface area (Å²) in [6.07, 6.45) is 5.92. The first-order valence-corrected chi connectivity index (χ1v) is 8.26. The molecule has 1 aromatic rings. The van der Waals surface area contributed by atoms with Crippen molar-refractivity contribution in [3.8, 4) is 5.75 Å². The van der Waals surface area contributed by atoms with Gasteiger partial charge in [0.15, 0.2) is 0 Å². The lowest BCUT2D eigenvalue weighted by atomic mass is 9.82. The maximum Gasteiger partial charge on any atom is 0.235 e. The number of carbonyl (C=O) groups excluding carboxylic acids is 1. The lowest BCUT2D eigenvalue weighted by Gasteiger charge is -2.27. The smallest absolute Gasteiger partial charge is 0.235 e. The Morgan fingerprint density at radius 1 is 1.09 bits per heavy atom. The summed E-state index contributed by atoms with van der Waals surface area (Å²) in [5.41, 5.74) is 3.19. The number of methoxy groups -OCH3 is 1. The molecule has 1 fully saturated rings. The molecule has 0 saturated heterocycles. The molecule has 0 heterocycles. The summed E-state index contributed by atoms with van der Waals surface area (Å²) in [6, 6.07) is 4.39. The minimum Gasteiger partial charge on any atom is -0.496 e. The second-order valence-corrected chi connectivity index (χ2v) is 6.94. The van der Waals surface area contributed by atoms with Crippen molar-refractivity contribution in [1.82, 2.24) is 0 Å². The van der Waals surface area contributed by atoms with Gasteiger partial charge in [0.1, 0.15) is 5.75 Å². The van der Waals surface area contributed by atoms with Gasteiger partial charge in [-0.1, -0.05) is 40.5 Å². The standard InChI is InChI=1S/C19H27NO2/c1-13(2)16-10-15(11-17(14(3)4)18(16)22-5)19(20-12-21)8-6-7-9-19/h10-11,13-14H,6-9H2,1-5H3. The van der Waals surface area contributed by atoms with Crippen molar-refractivity contribution in [2.75, 3.05) is 7.11 Å². The molecule has 0 bridgehead atoms. The van der Waals surface area contributed by atoms with Gasteiger partial charge in [-0.3, -0.25) is 0 Å². The molecule has 22 heavy (non-hydrogen) atoms. The molecular weight excluding hydrogens is 274 g/mol. The third-order valence-electron chi connectivity index (χ3n) is 4.82. The van der Waals surface area contributed by atoms with Crippen molar-refractivity contribution in [1.29, 1.82) is 0 Å². The summed E-state index contributed by atoms with van der Waals surface area (Å²) >= 11 is 0. The van der Waals surface area contributed by atoms with Crippen molar-refractivity contribution in [2.45, 2.75) is 70.8 Å². The molecule has 1 aliphatic carbocycles. The summed E-state index contributed by atoms with van der Waals surface area (Å²) in [5.74, 6) is 1.72. The summed E-state index contributed by atoms with van der Waals surface area (Å²) in [4.78, 5) is 15.2. The van der Waals surface area contributed by atoms with Crippen LogP contribution in [0.4, 0.5) is 0 Å². The second kappa shape index (κ2) is 6.66. The topological polar surface area (TPSA) is 38.7 Å². The summed E-state index contributed by atoms with van der Waals surface area (Å²) < 4.78 is 5.70. The molecule has 0 unspecified atom stereocenters. The largest absolute Gasteiger partial charge is 0.496 e. The number of ether oxygens (including phenoxy) is 1. The predicted molar refractivity (Wildman–Crippen MR) is 89.4 cm³/mol. The van der Waals surface area contributed by atoms with Crippen LogP contribution in [-0.4, -0.2) is 13.2 Å². The Kier molecular flexibility index (Phi) is 5.08. The van der Waals surface area contributed by atoms with E-state index >= 15 is 0 Å². The van der Waals surface area contributed by atoms with Crippen LogP contribution in [0.15, 0.2) is 17.1 Å². The van der Waals surface area contributed by atoms with Gasteiger partial charge in [-0.15, -0.1) is 0 Å². The first-order chi connectivity index (χ1) is 10.4. The maximum atomic E-state index is 11.0. The molecule has 0 aliphatic heterocycles. The highest BCUT2D eigenvalue weighted by Crippen LogP contribution is 2.46. The molecule has 1 aromatic carbocycles. The quantitative estimate of drug-likeness (QED) is 0.564. The van der Waals surface area contributed by atoms with Gasteiger partial charge in [-0.05, 0) is 53.5 Å². The Hall–Kier alpha value is -1.60. The molecule has 0 atom stereocenters. The fourth-order valence-electron chi connectivity index (χ4n) is 3.55. The Morgan fingerprint density at radius 2 is 1.59 bits per heavy atom. The van der Waals surface area contributed by atoms with Crippen LogP contribution >= 0.6 is 0 Å². The lowest BCUT2D eigenvalue weighted by Crippen LogP contribution is -2.20. The van der Waals surface area contributed by atoms with Crippen LogP contribution < -0.4 is 4.74 Å². The molecule has 3 nitrogen and oxygen atoms in total. The third-order valence-corrected chi connectivity index (χ3v) is 4.82. The van der Waals surface area contributed by atoms with Crippen molar-refractivity contribution >= 4 is 6.08 Å². The molecule has 0 aromatic heterocycles. The molecule has 0 spiro atoms. The Balaban J connectivity index is 2.68. The zero-order valence-corrected chi connectivity index (χ0v) is 14.4. The molecule has 120 valence electrons. The average Bonchev–Trinajstić information content (AvgIpc) is 2.95. The molecule has 0 amide bonds. The number of rotatable bonds is 5. The normalized spacial score (nSPS) is 16.9. The molecule has 1 aliphatic rings. The second-order valence-electron chi connectivity index (χ2n) is 6.94. The van der Waals surface area contributed by atoms with E-state index in [9.17, 15) is 4.79 Å². The van der Waals surface area contributed by atoms with E-state index in [1.54, 1.807) is 7.11 Å². The number of nitrogens with zero attached hydrogens (tertiary/aromatic N) is 1. The van der Waals surface area contributed by atoms with Gasteiger partial charge >= 0.3 is 0 Å². The van der Waals surface area contributed by atoms with Crippen molar-refractivity contribution < 1.29 is 9.53 Å². The first kappa shape index (κ1) is 16.8. The fourth-order valence-corrected chi connectivity index (χ4v) is 3.55. The Morgan fingerprint density at radius 3 is 1.95 bits per heavy atom. The van der Waals surface area contributed by atoms with Crippen LogP contribution in [0, 0.1) is 0 Å². The van der Waals surface area contributed by atoms with E-state index in [-0.39, 0.29) is 5.54 Å². The third kappa shape index (κ3) is 2.96. The van der Waals surface area contributed by atoms with E-state index in [0.717, 1.165) is 37.0 Å². The van der Waals surface area contributed by atoms with Crippen LogP contribution in [0.3, 0.4) is 0 Å². The Bertz CT molecular complexity index is 548. The van der Waals surface area contributed by atoms with Crippen LogP contribution in [-0.2, 0) is 10.3 Å². The van der Waals surface area contributed by atoms with Crippen molar-refractivity contribution in [2.24, 2.45) is 4.99 Å². The highest BCUT2D eigenvalue weighted by atomic mass is 16.5. The van der Waals surface area contributed by atoms with E-state index in [0.29, 0.717) is 11.8 Å². The predicted octanol–water partition coefficient (Wildman–Crippen LogP) is 5.05. The number of hydrogen-bond donors (Lipinski definition) is 0. The minimum absolute atomic E-state index is 0.367. The van der Waals surface area contributed by atoms with Gasteiger partial charge in [-0.25, -0.2) is 4.79 Å². The highest BCUT2D eigenvalue weighted by Gasteiger charge is 2.37. The van der Waals surface area contributed by atoms with Gasteiger partial charge in [0.2, 0.25) is 6.08 Å². The van der Waals surface area contributed by atoms with Crippen LogP contribution in [0.5, 0.6) is 5.75 Å². The zero-order valence-electron chi connectivity index (χ0n) is 14.4. The van der Waals surface area contributed by atoms with Crippen molar-refractivity contribution in [3.63, 3.8) is 0 Å². The van der Waals surface area contributed by atoms with Gasteiger partial charge < -0.3 is 4.74 Å². The fraction of sp³-hybridized carbons (Fsp3) is 0.632. The van der Waals surface area contributed by atoms with E-state index in [2.05, 4.69) is 44.8 Å². The highest BCUT2D eigenvalue weighted by molar-refractivity contribution is 5.51. The summed E-state index contributed by atoms with van der Waals surface area (Å²) in [6.45, 7) is 8.71. The van der Waals surface area contributed by atoms with Gasteiger partial charge in [-0.2, -0.15) is 4.99 Å². The SMILES string of the molecule is COc1c(C(C)C)cc(C2(N=C=O)CCCC2)cc1C(C)C. The molecule has 3 heteroatoms. The number of benzene rings is 1. The summed E-state index contributed by atoms with van der Waals surface area (Å²) in [5, 5.41) is 0. The van der Waals surface area contributed by atoms with Gasteiger partial charge in [0.05, 0.1) is 12.6 Å². The monoisotopic (exact) mass is 301 g/mol. The van der Waals surface area contributed by atoms with Crippen LogP contribution in [0.2, 0.25) is 0 Å². The van der Waals surface area contributed by atoms with E-state index < -0.39 is 0 Å². The van der Waals surface area contributed by atoms with Crippen LogP contribution in [0.1, 0.15) is 81.9 Å². The van der Waals surface area contributed by atoms with Gasteiger partial charge in [0.25, 0.3) is 0 Å². The van der Waals surface area contributed by atoms with Crippen LogP contribution in [0.25, 0.3) is 0 Å². The zero-order chi connectivity index (χ0) is 16.3. The summed E-state index contributed by atoms with van der Waals surface area (Å²) in [7, 11) is 1.74. The van der Waals surface area contributed by atoms with Crippen molar-refractivity contribution in [3.05, 3.63) is 28.8 Å². The molecule has 0 radical (unpaired) electrons. The lowest BCUT2D eigenvalue weighted by molar-refractivity contribution is 0.397. The van der Waals surface area contributed by atoms with E-state index in [4.69, 9.17) is 4.74 Å². The molecule has 2 rings (SSSR count).